The fraction of sp³-hybridized carbons (Fsp3) is 0.338. The third-order valence-electron chi connectivity index (χ3n) is 16.6. The van der Waals surface area contributed by atoms with Crippen LogP contribution in [0.5, 0.6) is 0 Å². The van der Waals surface area contributed by atoms with E-state index in [1.54, 1.807) is 11.8 Å². The van der Waals surface area contributed by atoms with Gasteiger partial charge in [-0.05, 0) is 204 Å². The Kier molecular flexibility index (Phi) is 18.7. The Bertz CT molecular complexity index is 4060. The predicted octanol–water partition coefficient (Wildman–Crippen LogP) is 23.7. The molecule has 0 aliphatic carbocycles. The Hall–Kier alpha value is -5.59. The summed E-state index contributed by atoms with van der Waals surface area (Å²) in [6.45, 7) is 43.2. The van der Waals surface area contributed by atoms with E-state index in [2.05, 4.69) is 335 Å². The van der Waals surface area contributed by atoms with Gasteiger partial charge in [-0.15, -0.1) is 0 Å². The first kappa shape index (κ1) is 65.8. The summed E-state index contributed by atoms with van der Waals surface area (Å²) in [4.78, 5) is 17.0. The summed E-state index contributed by atoms with van der Waals surface area (Å²) >= 11 is 6.31. The topological polar surface area (TPSA) is 53.5 Å². The standard InChI is InChI=1S/C50H54N4S.C25H27IN2.CH4IP.CH4/c1-47(2,3)31-13-19-41-37(25-31)38-26-32(48(4,5)6)14-20-42(38)53(41)45-23-17-35(29-51-45)55-36-18-24-46(52-30-36)54-43-21-15-33(49(7,8)9)27-39(43)40-28-34(50(10,11)12)16-22-44(40)54;1-24(2,3)16-7-10-21-19(13-16)20-14-17(25(4,5)6)8-11-22(20)28(21)23-12-9-18(26)15-27-23;1-3-2;/h13-30H,1-12H3;7-15H,1-6H3;3H,1H3;1H4. The van der Waals surface area contributed by atoms with Crippen molar-refractivity contribution in [1.82, 2.24) is 28.7 Å². The van der Waals surface area contributed by atoms with E-state index in [9.17, 15) is 0 Å². The smallest absolute Gasteiger partial charge is 0.137 e. The molecule has 0 N–H and O–H groups in total. The Morgan fingerprint density at radius 3 is 0.701 bits per heavy atom. The van der Waals surface area contributed by atoms with Crippen LogP contribution in [-0.2, 0) is 32.5 Å². The summed E-state index contributed by atoms with van der Waals surface area (Å²) in [5.74, 6) is 2.80. The summed E-state index contributed by atoms with van der Waals surface area (Å²) < 4.78 is 8.07. The first-order valence-electron chi connectivity index (χ1n) is 30.0. The molecular weight excluding hydrogens is 1330 g/mol. The van der Waals surface area contributed by atoms with Gasteiger partial charge in [0.25, 0.3) is 0 Å². The van der Waals surface area contributed by atoms with Crippen LogP contribution >= 0.6 is 62.6 Å². The molecule has 6 aromatic carbocycles. The number of rotatable bonds is 5. The van der Waals surface area contributed by atoms with E-state index < -0.39 is 0 Å². The van der Waals surface area contributed by atoms with Gasteiger partial charge >= 0.3 is 0 Å². The molecular formula is C77H89I2N6PS. The Morgan fingerprint density at radius 1 is 0.322 bits per heavy atom. The van der Waals surface area contributed by atoms with Gasteiger partial charge < -0.3 is 0 Å². The lowest BCUT2D eigenvalue weighted by Gasteiger charge is -2.19. The minimum absolute atomic E-state index is 0. The highest BCUT2D eigenvalue weighted by atomic mass is 127. The summed E-state index contributed by atoms with van der Waals surface area (Å²) in [7, 11) is 0. The molecule has 6 aromatic heterocycles. The second kappa shape index (κ2) is 24.7. The van der Waals surface area contributed by atoms with Gasteiger partial charge in [0.1, 0.15) is 17.5 Å². The normalized spacial score (nSPS) is 12.8. The molecule has 12 aromatic rings. The molecule has 452 valence electrons. The summed E-state index contributed by atoms with van der Waals surface area (Å²) in [5, 5.41) is 7.68. The van der Waals surface area contributed by atoms with Gasteiger partial charge in [-0.2, -0.15) is 0 Å². The lowest BCUT2D eigenvalue weighted by Crippen LogP contribution is -2.10. The number of aromatic nitrogens is 6. The van der Waals surface area contributed by atoms with Crippen molar-refractivity contribution in [3.63, 3.8) is 0 Å². The molecule has 6 nitrogen and oxygen atoms in total. The molecule has 6 heterocycles. The molecule has 1 atom stereocenters. The van der Waals surface area contributed by atoms with E-state index in [4.69, 9.17) is 15.0 Å². The first-order valence-corrected chi connectivity index (χ1v) is 36.5. The zero-order chi connectivity index (χ0) is 62.2. The molecule has 0 saturated carbocycles. The third-order valence-corrected chi connectivity index (χ3v) is 18.2. The molecule has 0 saturated heterocycles. The van der Waals surface area contributed by atoms with E-state index in [0.29, 0.717) is 0 Å². The summed E-state index contributed by atoms with van der Waals surface area (Å²) in [6.07, 6.45) is 6.97. The van der Waals surface area contributed by atoms with Crippen LogP contribution in [0.4, 0.5) is 0 Å². The number of pyridine rings is 3. The van der Waals surface area contributed by atoms with Crippen LogP contribution < -0.4 is 0 Å². The van der Waals surface area contributed by atoms with Crippen molar-refractivity contribution < 1.29 is 0 Å². The molecule has 0 radical (unpaired) electrons. The van der Waals surface area contributed by atoms with E-state index in [1.165, 1.54) is 98.8 Å². The Balaban J connectivity index is 0.000000236. The van der Waals surface area contributed by atoms with Gasteiger partial charge in [0, 0.05) is 64.3 Å². The maximum atomic E-state index is 5.05. The summed E-state index contributed by atoms with van der Waals surface area (Å²) in [6, 6.07) is 54.4. The van der Waals surface area contributed by atoms with E-state index in [-0.39, 0.29) is 39.9 Å². The van der Waals surface area contributed by atoms with Gasteiger partial charge in [0.05, 0.1) is 33.1 Å². The number of hydrogen-bond acceptors (Lipinski definition) is 4. The second-order valence-corrected chi connectivity index (χ2v) is 35.2. The number of benzene rings is 6. The SMILES string of the molecule is C.CC(C)(C)c1ccc2c(c1)c1cc(C(C)(C)C)ccc1n2-c1ccc(I)cn1.CC(C)(C)c1ccc2c(c1)c1cc(C(C)(C)C)ccc1n2-c1ccc(Sc2ccc(-n3c4ccc(C(C)(C)C)cc4c4cc(C(C)(C)C)ccc43)nc2)cn1.CPI. The largest absolute Gasteiger partial charge is 0.294 e. The fourth-order valence-electron chi connectivity index (χ4n) is 11.4. The van der Waals surface area contributed by atoms with Gasteiger partial charge in [0.2, 0.25) is 0 Å². The molecule has 0 bridgehead atoms. The molecule has 0 aliphatic heterocycles. The van der Waals surface area contributed by atoms with Crippen LogP contribution in [0.2, 0.25) is 0 Å². The van der Waals surface area contributed by atoms with Gasteiger partial charge in [0.15, 0.2) is 0 Å². The number of halogens is 2. The van der Waals surface area contributed by atoms with Crippen molar-refractivity contribution in [1.29, 1.82) is 0 Å². The molecule has 87 heavy (non-hydrogen) atoms. The van der Waals surface area contributed by atoms with E-state index >= 15 is 0 Å². The van der Waals surface area contributed by atoms with Crippen LogP contribution in [0.15, 0.2) is 174 Å². The first-order chi connectivity index (χ1) is 40.2. The van der Waals surface area contributed by atoms with Crippen molar-refractivity contribution in [3.8, 4) is 17.5 Å². The van der Waals surface area contributed by atoms with Crippen LogP contribution in [0.25, 0.3) is 82.9 Å². The van der Waals surface area contributed by atoms with Crippen molar-refractivity contribution in [3.05, 3.63) is 201 Å². The molecule has 0 spiro atoms. The second-order valence-electron chi connectivity index (χ2n) is 29.2. The highest BCUT2D eigenvalue weighted by Gasteiger charge is 2.25. The molecule has 10 heteroatoms. The average Bonchev–Trinajstić information content (AvgIpc) is 1.65. The lowest BCUT2D eigenvalue weighted by atomic mass is 9.85. The predicted molar refractivity (Wildman–Crippen MR) is 400 cm³/mol. The Labute approximate surface area is 551 Å². The number of nitrogens with zero attached hydrogens (tertiary/aromatic N) is 6. The highest BCUT2D eigenvalue weighted by molar-refractivity contribution is 14.2. The van der Waals surface area contributed by atoms with Gasteiger partial charge in [-0.3, -0.25) is 13.7 Å². The van der Waals surface area contributed by atoms with E-state index in [0.717, 1.165) is 37.0 Å². The van der Waals surface area contributed by atoms with Crippen LogP contribution in [0.1, 0.15) is 165 Å². The van der Waals surface area contributed by atoms with Crippen molar-refractivity contribution in [2.45, 2.75) is 174 Å². The molecule has 12 rings (SSSR count). The zero-order valence-corrected chi connectivity index (χ0v) is 60.1. The lowest BCUT2D eigenvalue weighted by molar-refractivity contribution is 0.590. The Morgan fingerprint density at radius 2 is 0.529 bits per heavy atom. The van der Waals surface area contributed by atoms with Gasteiger partial charge in [-0.25, -0.2) is 15.0 Å². The molecule has 1 unspecified atom stereocenters. The van der Waals surface area contributed by atoms with Crippen molar-refractivity contribution >= 4 is 128 Å². The molecule has 0 fully saturated rings. The number of hydrogen-bond donors (Lipinski definition) is 0. The van der Waals surface area contributed by atoms with Crippen LogP contribution in [-0.4, -0.2) is 35.3 Å². The quantitative estimate of drug-likeness (QED) is 0.127. The van der Waals surface area contributed by atoms with E-state index in [1.807, 2.05) is 18.6 Å². The minimum Gasteiger partial charge on any atom is -0.294 e. The maximum absolute atomic E-state index is 5.05. The van der Waals surface area contributed by atoms with Crippen molar-refractivity contribution in [2.75, 3.05) is 6.66 Å². The minimum atomic E-state index is 0. The molecule has 0 aliphatic rings. The third kappa shape index (κ3) is 13.6. The van der Waals surface area contributed by atoms with Crippen LogP contribution in [0, 0.1) is 3.57 Å². The molecule has 0 amide bonds. The highest BCUT2D eigenvalue weighted by Crippen LogP contribution is 2.42. The van der Waals surface area contributed by atoms with Crippen LogP contribution in [0.3, 0.4) is 0 Å². The summed E-state index contributed by atoms with van der Waals surface area (Å²) in [5.41, 5.74) is 15.7. The average molecular weight is 1420 g/mol. The van der Waals surface area contributed by atoms with Gasteiger partial charge in [-0.1, -0.05) is 208 Å². The fourth-order valence-corrected chi connectivity index (χ4v) is 12.5. The van der Waals surface area contributed by atoms with Crippen molar-refractivity contribution in [2.24, 2.45) is 0 Å². The monoisotopic (exact) mass is 1410 g/mol. The zero-order valence-electron chi connectivity index (χ0n) is 53.9. The number of fused-ring (bicyclic) bond motifs is 9. The maximum Gasteiger partial charge on any atom is 0.137 e.